The maximum atomic E-state index is 12.4. The van der Waals surface area contributed by atoms with Gasteiger partial charge in [0.05, 0.1) is 6.54 Å². The molecule has 0 aromatic heterocycles. The Kier molecular flexibility index (Phi) is 6.63. The van der Waals surface area contributed by atoms with Gasteiger partial charge in [-0.05, 0) is 18.4 Å². The van der Waals surface area contributed by atoms with E-state index in [1.54, 1.807) is 6.92 Å². The van der Waals surface area contributed by atoms with Crippen molar-refractivity contribution in [1.29, 1.82) is 0 Å². The number of carbonyl (C=O) groups excluding carboxylic acids is 2. The molecule has 0 saturated carbocycles. The van der Waals surface area contributed by atoms with E-state index in [0.717, 1.165) is 32.7 Å². The molecular formula is C18H34N4O2. The molecule has 138 valence electrons. The van der Waals surface area contributed by atoms with Crippen LogP contribution < -0.4 is 0 Å². The van der Waals surface area contributed by atoms with Gasteiger partial charge in [-0.25, -0.2) is 0 Å². The summed E-state index contributed by atoms with van der Waals surface area (Å²) in [6, 6.07) is 0. The molecule has 2 amide bonds. The van der Waals surface area contributed by atoms with Crippen LogP contribution in [-0.2, 0) is 9.59 Å². The highest BCUT2D eigenvalue weighted by Crippen LogP contribution is 2.19. The molecule has 0 spiro atoms. The first kappa shape index (κ1) is 19.2. The first-order valence-corrected chi connectivity index (χ1v) is 9.22. The van der Waals surface area contributed by atoms with Crippen LogP contribution in [0.15, 0.2) is 0 Å². The van der Waals surface area contributed by atoms with E-state index in [1.165, 1.54) is 6.42 Å². The minimum atomic E-state index is 0.105. The Morgan fingerprint density at radius 3 is 1.79 bits per heavy atom. The molecule has 2 saturated heterocycles. The average Bonchev–Trinajstić information content (AvgIpc) is 2.53. The maximum absolute atomic E-state index is 12.4. The van der Waals surface area contributed by atoms with E-state index < -0.39 is 0 Å². The number of nitrogens with zero attached hydrogens (tertiary/aromatic N) is 4. The molecule has 0 atom stereocenters. The minimum absolute atomic E-state index is 0.105. The average molecular weight is 338 g/mol. The summed E-state index contributed by atoms with van der Waals surface area (Å²) in [5.74, 6) is 0.315. The molecule has 2 heterocycles. The van der Waals surface area contributed by atoms with Gasteiger partial charge in [0, 0.05) is 59.3 Å². The van der Waals surface area contributed by atoms with Crippen LogP contribution in [-0.4, -0.2) is 96.9 Å². The lowest BCUT2D eigenvalue weighted by molar-refractivity contribution is -0.139. The SMILES string of the molecule is CC(=O)N1CCN(C(=O)CN2CCN(CCC(C)(C)C)CC2)CC1. The van der Waals surface area contributed by atoms with Crippen LogP contribution >= 0.6 is 0 Å². The molecule has 6 heteroatoms. The molecule has 0 aliphatic carbocycles. The zero-order valence-corrected chi connectivity index (χ0v) is 15.9. The largest absolute Gasteiger partial charge is 0.339 e. The van der Waals surface area contributed by atoms with Gasteiger partial charge in [0.15, 0.2) is 0 Å². The van der Waals surface area contributed by atoms with Crippen molar-refractivity contribution in [2.24, 2.45) is 5.41 Å². The number of hydrogen-bond donors (Lipinski definition) is 0. The molecule has 2 aliphatic heterocycles. The zero-order chi connectivity index (χ0) is 17.7. The number of amides is 2. The van der Waals surface area contributed by atoms with Crippen LogP contribution in [0.5, 0.6) is 0 Å². The van der Waals surface area contributed by atoms with Crippen LogP contribution in [0.3, 0.4) is 0 Å². The van der Waals surface area contributed by atoms with Crippen LogP contribution in [0.4, 0.5) is 0 Å². The molecule has 0 bridgehead atoms. The molecule has 24 heavy (non-hydrogen) atoms. The van der Waals surface area contributed by atoms with Gasteiger partial charge < -0.3 is 14.7 Å². The highest BCUT2D eigenvalue weighted by Gasteiger charge is 2.25. The third-order valence-electron chi connectivity index (χ3n) is 5.08. The first-order valence-electron chi connectivity index (χ1n) is 9.22. The Hall–Kier alpha value is -1.14. The second-order valence-corrected chi connectivity index (χ2v) is 8.32. The highest BCUT2D eigenvalue weighted by atomic mass is 16.2. The number of hydrogen-bond acceptors (Lipinski definition) is 4. The van der Waals surface area contributed by atoms with Crippen molar-refractivity contribution in [3.8, 4) is 0 Å². The van der Waals surface area contributed by atoms with Crippen molar-refractivity contribution in [2.75, 3.05) is 65.4 Å². The molecule has 0 radical (unpaired) electrons. The molecule has 2 rings (SSSR count). The molecular weight excluding hydrogens is 304 g/mol. The molecule has 0 unspecified atom stereocenters. The summed E-state index contributed by atoms with van der Waals surface area (Å²) in [6.07, 6.45) is 1.21. The van der Waals surface area contributed by atoms with Crippen molar-refractivity contribution in [3.63, 3.8) is 0 Å². The fourth-order valence-corrected chi connectivity index (χ4v) is 3.23. The summed E-state index contributed by atoms with van der Waals surface area (Å²) in [7, 11) is 0. The van der Waals surface area contributed by atoms with E-state index in [2.05, 4.69) is 30.6 Å². The number of rotatable bonds is 4. The lowest BCUT2D eigenvalue weighted by Crippen LogP contribution is -2.54. The smallest absolute Gasteiger partial charge is 0.236 e. The predicted octanol–water partition coefficient (Wildman–Crippen LogP) is 0.731. The van der Waals surface area contributed by atoms with E-state index in [4.69, 9.17) is 0 Å². The number of carbonyl (C=O) groups is 2. The highest BCUT2D eigenvalue weighted by molar-refractivity contribution is 5.79. The molecule has 6 nitrogen and oxygen atoms in total. The van der Waals surface area contributed by atoms with Crippen LogP contribution in [0, 0.1) is 5.41 Å². The Labute approximate surface area is 146 Å². The van der Waals surface area contributed by atoms with E-state index in [-0.39, 0.29) is 11.8 Å². The summed E-state index contributed by atoms with van der Waals surface area (Å²) in [6.45, 7) is 16.9. The van der Waals surface area contributed by atoms with E-state index in [1.807, 2.05) is 9.80 Å². The van der Waals surface area contributed by atoms with Gasteiger partial charge in [-0.2, -0.15) is 0 Å². The lowest BCUT2D eigenvalue weighted by Gasteiger charge is -2.38. The van der Waals surface area contributed by atoms with Crippen molar-refractivity contribution in [2.45, 2.75) is 34.1 Å². The topological polar surface area (TPSA) is 47.1 Å². The molecule has 2 aliphatic rings. The zero-order valence-electron chi connectivity index (χ0n) is 15.9. The van der Waals surface area contributed by atoms with Gasteiger partial charge in [0.1, 0.15) is 0 Å². The van der Waals surface area contributed by atoms with Crippen LogP contribution in [0.1, 0.15) is 34.1 Å². The van der Waals surface area contributed by atoms with Crippen LogP contribution in [0.25, 0.3) is 0 Å². The summed E-state index contributed by atoms with van der Waals surface area (Å²) in [4.78, 5) is 32.3. The van der Waals surface area contributed by atoms with Gasteiger partial charge in [-0.3, -0.25) is 14.5 Å². The third-order valence-corrected chi connectivity index (χ3v) is 5.08. The van der Waals surface area contributed by atoms with Crippen molar-refractivity contribution < 1.29 is 9.59 Å². The quantitative estimate of drug-likeness (QED) is 0.758. The van der Waals surface area contributed by atoms with E-state index in [0.29, 0.717) is 38.1 Å². The van der Waals surface area contributed by atoms with Crippen molar-refractivity contribution >= 4 is 11.8 Å². The van der Waals surface area contributed by atoms with Gasteiger partial charge in [0.2, 0.25) is 11.8 Å². The normalized spacial score (nSPS) is 21.2. The fraction of sp³-hybridized carbons (Fsp3) is 0.889. The predicted molar refractivity (Wildman–Crippen MR) is 95.8 cm³/mol. The Morgan fingerprint density at radius 1 is 0.792 bits per heavy atom. The lowest BCUT2D eigenvalue weighted by atomic mass is 9.92. The van der Waals surface area contributed by atoms with E-state index in [9.17, 15) is 9.59 Å². The molecule has 0 N–H and O–H groups in total. The van der Waals surface area contributed by atoms with Gasteiger partial charge in [-0.1, -0.05) is 20.8 Å². The van der Waals surface area contributed by atoms with Gasteiger partial charge >= 0.3 is 0 Å². The summed E-state index contributed by atoms with van der Waals surface area (Å²) in [5.41, 5.74) is 0.384. The Bertz CT molecular complexity index is 431. The summed E-state index contributed by atoms with van der Waals surface area (Å²) < 4.78 is 0. The second kappa shape index (κ2) is 8.30. The monoisotopic (exact) mass is 338 g/mol. The minimum Gasteiger partial charge on any atom is -0.339 e. The Morgan fingerprint density at radius 2 is 1.29 bits per heavy atom. The van der Waals surface area contributed by atoms with Gasteiger partial charge in [-0.15, -0.1) is 0 Å². The second-order valence-electron chi connectivity index (χ2n) is 8.32. The van der Waals surface area contributed by atoms with E-state index >= 15 is 0 Å². The maximum Gasteiger partial charge on any atom is 0.236 e. The van der Waals surface area contributed by atoms with Crippen molar-refractivity contribution in [3.05, 3.63) is 0 Å². The van der Waals surface area contributed by atoms with Crippen LogP contribution in [0.2, 0.25) is 0 Å². The standard InChI is InChI=1S/C18H34N4O2/c1-16(23)21-11-13-22(14-12-21)17(24)15-20-9-7-19(8-10-20)6-5-18(2,3)4/h5-15H2,1-4H3. The molecule has 2 fully saturated rings. The summed E-state index contributed by atoms with van der Waals surface area (Å²) >= 11 is 0. The fourth-order valence-electron chi connectivity index (χ4n) is 3.23. The Balaban J connectivity index is 1.66. The summed E-state index contributed by atoms with van der Waals surface area (Å²) in [5, 5.41) is 0. The first-order chi connectivity index (χ1) is 11.2. The third kappa shape index (κ3) is 6.06. The molecule has 0 aromatic rings. The van der Waals surface area contributed by atoms with Crippen molar-refractivity contribution in [1.82, 2.24) is 19.6 Å². The molecule has 0 aromatic carbocycles. The van der Waals surface area contributed by atoms with Gasteiger partial charge in [0.25, 0.3) is 0 Å². The number of piperazine rings is 2.